The molecule has 1 aromatic carbocycles. The average molecular weight is 228 g/mol. The molecule has 0 fully saturated rings. The van der Waals surface area contributed by atoms with Gasteiger partial charge in [-0.3, -0.25) is 0 Å². The van der Waals surface area contributed by atoms with E-state index < -0.39 is 0 Å². The summed E-state index contributed by atoms with van der Waals surface area (Å²) in [5.41, 5.74) is 8.16. The molecule has 1 aromatic rings. The van der Waals surface area contributed by atoms with Gasteiger partial charge in [0.05, 0.1) is 12.6 Å². The molecule has 1 atom stereocenters. The molecular formula is C12H18ClNO. The fourth-order valence-corrected chi connectivity index (χ4v) is 1.73. The summed E-state index contributed by atoms with van der Waals surface area (Å²) < 4.78 is 5.41. The number of benzene rings is 1. The van der Waals surface area contributed by atoms with E-state index in [1.807, 2.05) is 25.1 Å². The van der Waals surface area contributed by atoms with Gasteiger partial charge in [-0.2, -0.15) is 0 Å². The van der Waals surface area contributed by atoms with Crippen molar-refractivity contribution in [3.63, 3.8) is 0 Å². The molecule has 0 heterocycles. The molecule has 0 saturated carbocycles. The van der Waals surface area contributed by atoms with E-state index in [1.165, 1.54) is 0 Å². The van der Waals surface area contributed by atoms with Crippen LogP contribution in [-0.4, -0.2) is 13.2 Å². The van der Waals surface area contributed by atoms with Crippen molar-refractivity contribution in [2.45, 2.75) is 26.3 Å². The molecule has 84 valence electrons. The summed E-state index contributed by atoms with van der Waals surface area (Å²) in [5.74, 6) is 0. The predicted molar refractivity (Wildman–Crippen MR) is 64.2 cm³/mol. The zero-order valence-corrected chi connectivity index (χ0v) is 10.1. The van der Waals surface area contributed by atoms with Gasteiger partial charge in [-0.15, -0.1) is 0 Å². The van der Waals surface area contributed by atoms with Crippen LogP contribution in [0.15, 0.2) is 18.2 Å². The summed E-state index contributed by atoms with van der Waals surface area (Å²) in [7, 11) is 0. The first kappa shape index (κ1) is 12.5. The summed E-state index contributed by atoms with van der Waals surface area (Å²) in [6.07, 6.45) is 1.02. The number of halogens is 1. The Morgan fingerprint density at radius 3 is 2.73 bits per heavy atom. The van der Waals surface area contributed by atoms with Crippen LogP contribution >= 0.6 is 11.6 Å². The first-order valence-electron chi connectivity index (χ1n) is 5.24. The van der Waals surface area contributed by atoms with Crippen molar-refractivity contribution in [1.29, 1.82) is 0 Å². The normalized spacial score (nSPS) is 12.8. The minimum Gasteiger partial charge on any atom is -0.379 e. The third-order valence-electron chi connectivity index (χ3n) is 2.14. The predicted octanol–water partition coefficient (Wildman–Crippen LogP) is 3.07. The highest BCUT2D eigenvalue weighted by Crippen LogP contribution is 2.19. The van der Waals surface area contributed by atoms with Gasteiger partial charge in [0.2, 0.25) is 0 Å². The van der Waals surface area contributed by atoms with Gasteiger partial charge in [0.15, 0.2) is 0 Å². The van der Waals surface area contributed by atoms with Crippen molar-refractivity contribution in [3.05, 3.63) is 34.3 Å². The summed E-state index contributed by atoms with van der Waals surface area (Å²) in [6, 6.07) is 5.78. The van der Waals surface area contributed by atoms with E-state index in [4.69, 9.17) is 22.1 Å². The third-order valence-corrected chi connectivity index (χ3v) is 2.36. The molecule has 0 spiro atoms. The molecular weight excluding hydrogens is 210 g/mol. The number of aryl methyl sites for hydroxylation is 1. The topological polar surface area (TPSA) is 35.2 Å². The second kappa shape index (κ2) is 6.11. The number of hydrogen-bond donors (Lipinski definition) is 1. The van der Waals surface area contributed by atoms with Gasteiger partial charge >= 0.3 is 0 Å². The van der Waals surface area contributed by atoms with E-state index in [0.29, 0.717) is 6.61 Å². The lowest BCUT2D eigenvalue weighted by atomic mass is 10.1. The highest BCUT2D eigenvalue weighted by atomic mass is 35.5. The first-order chi connectivity index (χ1) is 7.13. The number of nitrogens with two attached hydrogens (primary N) is 1. The molecule has 1 unspecified atom stereocenters. The molecule has 0 radical (unpaired) electrons. The van der Waals surface area contributed by atoms with Crippen LogP contribution < -0.4 is 5.73 Å². The van der Waals surface area contributed by atoms with Crippen LogP contribution in [0.2, 0.25) is 5.02 Å². The van der Waals surface area contributed by atoms with Gasteiger partial charge < -0.3 is 10.5 Å². The second-order valence-corrected chi connectivity index (χ2v) is 4.18. The van der Waals surface area contributed by atoms with Crippen LogP contribution in [0, 0.1) is 6.92 Å². The minimum absolute atomic E-state index is 0.0889. The Morgan fingerprint density at radius 2 is 2.13 bits per heavy atom. The summed E-state index contributed by atoms with van der Waals surface area (Å²) in [5, 5.41) is 0.732. The van der Waals surface area contributed by atoms with Crippen molar-refractivity contribution >= 4 is 11.6 Å². The Bertz CT molecular complexity index is 294. The van der Waals surface area contributed by atoms with E-state index in [0.717, 1.165) is 29.2 Å². The van der Waals surface area contributed by atoms with E-state index >= 15 is 0 Å². The Hall–Kier alpha value is -0.570. The smallest absolute Gasteiger partial charge is 0.0659 e. The summed E-state index contributed by atoms with van der Waals surface area (Å²) in [6.45, 7) is 5.39. The van der Waals surface area contributed by atoms with Crippen LogP contribution in [0.1, 0.15) is 30.5 Å². The maximum atomic E-state index is 5.99. The van der Waals surface area contributed by atoms with Gasteiger partial charge in [0.1, 0.15) is 0 Å². The Balaban J connectivity index is 2.60. The number of rotatable bonds is 5. The zero-order valence-electron chi connectivity index (χ0n) is 9.29. The largest absolute Gasteiger partial charge is 0.379 e. The molecule has 1 rings (SSSR count). The Kier molecular flexibility index (Phi) is 5.09. The van der Waals surface area contributed by atoms with E-state index in [2.05, 4.69) is 6.92 Å². The van der Waals surface area contributed by atoms with Crippen LogP contribution in [-0.2, 0) is 4.74 Å². The highest BCUT2D eigenvalue weighted by molar-refractivity contribution is 6.30. The second-order valence-electron chi connectivity index (χ2n) is 3.74. The van der Waals surface area contributed by atoms with E-state index in [-0.39, 0.29) is 6.04 Å². The summed E-state index contributed by atoms with van der Waals surface area (Å²) in [4.78, 5) is 0. The van der Waals surface area contributed by atoms with Gasteiger partial charge in [-0.1, -0.05) is 24.6 Å². The van der Waals surface area contributed by atoms with Gasteiger partial charge in [0, 0.05) is 11.6 Å². The first-order valence-corrected chi connectivity index (χ1v) is 5.61. The molecule has 15 heavy (non-hydrogen) atoms. The summed E-state index contributed by atoms with van der Waals surface area (Å²) >= 11 is 5.96. The molecule has 0 aromatic heterocycles. The molecule has 2 N–H and O–H groups in total. The van der Waals surface area contributed by atoms with Crippen LogP contribution in [0.3, 0.4) is 0 Å². The molecule has 0 amide bonds. The fourth-order valence-electron chi connectivity index (χ4n) is 1.43. The Morgan fingerprint density at radius 1 is 1.40 bits per heavy atom. The van der Waals surface area contributed by atoms with E-state index in [9.17, 15) is 0 Å². The maximum absolute atomic E-state index is 5.99. The molecule has 0 aliphatic rings. The van der Waals surface area contributed by atoms with Crippen LogP contribution in [0.4, 0.5) is 0 Å². The van der Waals surface area contributed by atoms with Crippen molar-refractivity contribution < 1.29 is 4.74 Å². The lowest BCUT2D eigenvalue weighted by molar-refractivity contribution is 0.121. The molecule has 3 heteroatoms. The van der Waals surface area contributed by atoms with Gasteiger partial charge in [0.25, 0.3) is 0 Å². The lowest BCUT2D eigenvalue weighted by Crippen LogP contribution is -2.17. The quantitative estimate of drug-likeness (QED) is 0.785. The van der Waals surface area contributed by atoms with Gasteiger partial charge in [-0.25, -0.2) is 0 Å². The molecule has 0 aliphatic heterocycles. The molecule has 0 saturated heterocycles. The van der Waals surface area contributed by atoms with Crippen molar-refractivity contribution in [1.82, 2.24) is 0 Å². The zero-order chi connectivity index (χ0) is 11.3. The van der Waals surface area contributed by atoms with Gasteiger partial charge in [-0.05, 0) is 36.6 Å². The number of ether oxygens (including phenoxy) is 1. The van der Waals surface area contributed by atoms with Crippen LogP contribution in [0.5, 0.6) is 0 Å². The van der Waals surface area contributed by atoms with E-state index in [1.54, 1.807) is 0 Å². The monoisotopic (exact) mass is 227 g/mol. The fraction of sp³-hybridized carbons (Fsp3) is 0.500. The SMILES string of the molecule is CCCOCC(N)c1cc(C)cc(Cl)c1. The number of hydrogen-bond acceptors (Lipinski definition) is 2. The maximum Gasteiger partial charge on any atom is 0.0659 e. The minimum atomic E-state index is -0.0889. The van der Waals surface area contributed by atoms with Crippen LogP contribution in [0.25, 0.3) is 0 Å². The van der Waals surface area contributed by atoms with Crippen molar-refractivity contribution in [3.8, 4) is 0 Å². The Labute approximate surface area is 96.4 Å². The third kappa shape index (κ3) is 4.20. The van der Waals surface area contributed by atoms with Crippen molar-refractivity contribution in [2.24, 2.45) is 5.73 Å². The molecule has 0 aliphatic carbocycles. The molecule has 2 nitrogen and oxygen atoms in total. The molecule has 0 bridgehead atoms. The standard InChI is InChI=1S/C12H18ClNO/c1-3-4-15-8-12(14)10-5-9(2)6-11(13)7-10/h5-7,12H,3-4,8,14H2,1-2H3. The lowest BCUT2D eigenvalue weighted by Gasteiger charge is -2.13. The average Bonchev–Trinajstić information content (AvgIpc) is 2.16. The van der Waals surface area contributed by atoms with Crippen molar-refractivity contribution in [2.75, 3.05) is 13.2 Å². The highest BCUT2D eigenvalue weighted by Gasteiger charge is 2.07.